The molecule has 0 bridgehead atoms. The monoisotopic (exact) mass is 284 g/mol. The van der Waals surface area contributed by atoms with Gasteiger partial charge in [-0.15, -0.1) is 0 Å². The molecule has 1 aromatic heterocycles. The predicted octanol–water partition coefficient (Wildman–Crippen LogP) is -0.437. The number of hydrogen-bond acceptors (Lipinski definition) is 5. The Morgan fingerprint density at radius 2 is 2.26 bits per heavy atom. The fourth-order valence-electron chi connectivity index (χ4n) is 1.58. The van der Waals surface area contributed by atoms with E-state index in [1.165, 1.54) is 25.4 Å². The van der Waals surface area contributed by atoms with Crippen molar-refractivity contribution in [3.63, 3.8) is 0 Å². The molecule has 0 aromatic carbocycles. The van der Waals surface area contributed by atoms with Crippen molar-refractivity contribution in [3.8, 4) is 0 Å². The third kappa shape index (κ3) is 3.21. The fraction of sp³-hybridized carbons (Fsp3) is 0.455. The largest absolute Gasteiger partial charge is 0.383 e. The summed E-state index contributed by atoms with van der Waals surface area (Å²) in [7, 11) is -2.45. The standard InChI is InChI=1S/C11H16N4O3S/c1-15(7-10(16)14-8-4-5-8)19(17,18)9-3-2-6-13-11(9)12/h2-3,6,8H,4-5,7H2,1H3,(H2,12,13)(H,14,16). The second-order valence-electron chi connectivity index (χ2n) is 4.49. The zero-order valence-corrected chi connectivity index (χ0v) is 11.4. The second-order valence-corrected chi connectivity index (χ2v) is 6.50. The minimum absolute atomic E-state index is 0.0723. The zero-order valence-electron chi connectivity index (χ0n) is 10.5. The lowest BCUT2D eigenvalue weighted by Gasteiger charge is -2.17. The first-order chi connectivity index (χ1) is 8.91. The van der Waals surface area contributed by atoms with Gasteiger partial charge < -0.3 is 11.1 Å². The molecule has 7 nitrogen and oxygen atoms in total. The van der Waals surface area contributed by atoms with Gasteiger partial charge in [0.15, 0.2) is 0 Å². The summed E-state index contributed by atoms with van der Waals surface area (Å²) in [6.45, 7) is -0.229. The van der Waals surface area contributed by atoms with Crippen LogP contribution in [0.5, 0.6) is 0 Å². The Morgan fingerprint density at radius 1 is 1.58 bits per heavy atom. The highest BCUT2D eigenvalue weighted by Gasteiger charge is 2.28. The van der Waals surface area contributed by atoms with Crippen molar-refractivity contribution in [3.05, 3.63) is 18.3 Å². The summed E-state index contributed by atoms with van der Waals surface area (Å²) in [5.74, 6) is -0.381. The van der Waals surface area contributed by atoms with Crippen molar-refractivity contribution in [2.45, 2.75) is 23.8 Å². The highest BCUT2D eigenvalue weighted by Crippen LogP contribution is 2.20. The predicted molar refractivity (Wildman–Crippen MR) is 69.6 cm³/mol. The molecule has 0 radical (unpaired) electrons. The summed E-state index contributed by atoms with van der Waals surface area (Å²) in [5.41, 5.74) is 5.55. The zero-order chi connectivity index (χ0) is 14.0. The van der Waals surface area contributed by atoms with Crippen LogP contribution in [0.4, 0.5) is 5.82 Å². The minimum atomic E-state index is -3.80. The third-order valence-corrected chi connectivity index (χ3v) is 4.65. The lowest BCUT2D eigenvalue weighted by molar-refractivity contribution is -0.121. The summed E-state index contributed by atoms with van der Waals surface area (Å²) in [6, 6.07) is 3.06. The molecular formula is C11H16N4O3S. The molecule has 0 spiro atoms. The van der Waals surface area contributed by atoms with Crippen molar-refractivity contribution in [2.75, 3.05) is 19.3 Å². The molecule has 1 fully saturated rings. The van der Waals surface area contributed by atoms with E-state index >= 15 is 0 Å². The van der Waals surface area contributed by atoms with Crippen LogP contribution in [-0.2, 0) is 14.8 Å². The number of nitrogens with zero attached hydrogens (tertiary/aromatic N) is 2. The maximum Gasteiger partial charge on any atom is 0.246 e. The molecular weight excluding hydrogens is 268 g/mol. The topological polar surface area (TPSA) is 105 Å². The molecule has 19 heavy (non-hydrogen) atoms. The lowest BCUT2D eigenvalue weighted by Crippen LogP contribution is -2.39. The van der Waals surface area contributed by atoms with E-state index in [2.05, 4.69) is 10.3 Å². The van der Waals surface area contributed by atoms with Gasteiger partial charge in [0.05, 0.1) is 6.54 Å². The summed E-state index contributed by atoms with van der Waals surface area (Å²) in [5, 5.41) is 2.73. The molecule has 0 aliphatic heterocycles. The molecule has 8 heteroatoms. The number of rotatable bonds is 5. The molecule has 0 unspecified atom stereocenters. The molecule has 0 saturated heterocycles. The number of likely N-dealkylation sites (N-methyl/N-ethyl adjacent to an activating group) is 1. The van der Waals surface area contributed by atoms with Crippen LogP contribution in [-0.4, -0.2) is 43.2 Å². The average Bonchev–Trinajstić information content (AvgIpc) is 3.12. The van der Waals surface area contributed by atoms with Crippen LogP contribution < -0.4 is 11.1 Å². The Bertz CT molecular complexity index is 583. The Hall–Kier alpha value is -1.67. The van der Waals surface area contributed by atoms with E-state index in [0.717, 1.165) is 17.1 Å². The smallest absolute Gasteiger partial charge is 0.246 e. The second kappa shape index (κ2) is 5.14. The van der Waals surface area contributed by atoms with Gasteiger partial charge in [-0.2, -0.15) is 4.31 Å². The van der Waals surface area contributed by atoms with Crippen LogP contribution >= 0.6 is 0 Å². The molecule has 0 atom stereocenters. The van der Waals surface area contributed by atoms with Crippen molar-refractivity contribution in [2.24, 2.45) is 0 Å². The first-order valence-corrected chi connectivity index (χ1v) is 7.31. The first-order valence-electron chi connectivity index (χ1n) is 5.87. The maximum atomic E-state index is 12.2. The first kappa shape index (κ1) is 13.8. The van der Waals surface area contributed by atoms with Crippen LogP contribution in [0.2, 0.25) is 0 Å². The van der Waals surface area contributed by atoms with E-state index in [9.17, 15) is 13.2 Å². The molecule has 1 amide bonds. The molecule has 1 aromatic rings. The normalized spacial score (nSPS) is 15.5. The van der Waals surface area contributed by atoms with Gasteiger partial charge in [0.2, 0.25) is 15.9 Å². The summed E-state index contributed by atoms with van der Waals surface area (Å²) in [6.07, 6.45) is 3.32. The molecule has 1 aliphatic rings. The fourth-order valence-corrected chi connectivity index (χ4v) is 2.77. The quantitative estimate of drug-likeness (QED) is 0.762. The molecule has 3 N–H and O–H groups in total. The maximum absolute atomic E-state index is 12.2. The van der Waals surface area contributed by atoms with E-state index in [-0.39, 0.29) is 29.2 Å². The number of nitrogen functional groups attached to an aromatic ring is 1. The SMILES string of the molecule is CN(CC(=O)NC1CC1)S(=O)(=O)c1cccnc1N. The van der Waals surface area contributed by atoms with Crippen molar-refractivity contribution < 1.29 is 13.2 Å². The number of amides is 1. The van der Waals surface area contributed by atoms with E-state index in [4.69, 9.17) is 5.73 Å². The summed E-state index contributed by atoms with van der Waals surface area (Å²) >= 11 is 0. The highest BCUT2D eigenvalue weighted by atomic mass is 32.2. The van der Waals surface area contributed by atoms with Crippen LogP contribution in [0.3, 0.4) is 0 Å². The number of hydrogen-bond donors (Lipinski definition) is 2. The van der Waals surface area contributed by atoms with E-state index in [1.807, 2.05) is 0 Å². The van der Waals surface area contributed by atoms with Crippen molar-refractivity contribution >= 4 is 21.7 Å². The van der Waals surface area contributed by atoms with Crippen molar-refractivity contribution in [1.29, 1.82) is 0 Å². The van der Waals surface area contributed by atoms with Gasteiger partial charge in [0.1, 0.15) is 10.7 Å². The number of anilines is 1. The number of carbonyl (C=O) groups is 1. The lowest BCUT2D eigenvalue weighted by atomic mass is 10.5. The van der Waals surface area contributed by atoms with Gasteiger partial charge in [0.25, 0.3) is 0 Å². The Balaban J connectivity index is 2.10. The Labute approximate surface area is 111 Å². The average molecular weight is 284 g/mol. The number of carbonyl (C=O) groups excluding carboxylic acids is 1. The summed E-state index contributed by atoms with van der Waals surface area (Å²) < 4.78 is 25.4. The van der Waals surface area contributed by atoms with E-state index in [0.29, 0.717) is 0 Å². The number of aromatic nitrogens is 1. The number of sulfonamides is 1. The van der Waals surface area contributed by atoms with Gasteiger partial charge >= 0.3 is 0 Å². The van der Waals surface area contributed by atoms with Crippen LogP contribution in [0.25, 0.3) is 0 Å². The number of pyridine rings is 1. The van der Waals surface area contributed by atoms with Gasteiger partial charge in [0, 0.05) is 19.3 Å². The van der Waals surface area contributed by atoms with Crippen LogP contribution in [0.15, 0.2) is 23.2 Å². The Kier molecular flexibility index (Phi) is 3.72. The molecule has 1 aliphatic carbocycles. The highest BCUT2D eigenvalue weighted by molar-refractivity contribution is 7.89. The van der Waals surface area contributed by atoms with Crippen LogP contribution in [0.1, 0.15) is 12.8 Å². The van der Waals surface area contributed by atoms with Gasteiger partial charge in [-0.25, -0.2) is 13.4 Å². The molecule has 104 valence electrons. The van der Waals surface area contributed by atoms with Gasteiger partial charge in [-0.05, 0) is 25.0 Å². The van der Waals surface area contributed by atoms with Gasteiger partial charge in [-0.3, -0.25) is 4.79 Å². The molecule has 2 rings (SSSR count). The van der Waals surface area contributed by atoms with E-state index < -0.39 is 10.0 Å². The number of nitrogens with two attached hydrogens (primary N) is 1. The van der Waals surface area contributed by atoms with E-state index in [1.54, 1.807) is 0 Å². The molecule has 1 heterocycles. The van der Waals surface area contributed by atoms with Gasteiger partial charge in [-0.1, -0.05) is 0 Å². The summed E-state index contributed by atoms with van der Waals surface area (Å²) in [4.78, 5) is 15.3. The third-order valence-electron chi connectivity index (χ3n) is 2.80. The molecule has 1 saturated carbocycles. The minimum Gasteiger partial charge on any atom is -0.383 e. The van der Waals surface area contributed by atoms with Crippen LogP contribution in [0, 0.1) is 0 Å². The Morgan fingerprint density at radius 3 is 2.84 bits per heavy atom. The number of nitrogens with one attached hydrogen (secondary N) is 1. The van der Waals surface area contributed by atoms with Crippen molar-refractivity contribution in [1.82, 2.24) is 14.6 Å².